The molecule has 6 nitrogen and oxygen atoms in total. The van der Waals surface area contributed by atoms with Crippen molar-refractivity contribution in [3.8, 4) is 73.9 Å². The molecule has 3 aromatic heterocycles. The Balaban J connectivity index is 1.25. The van der Waals surface area contributed by atoms with Gasteiger partial charge in [-0.15, -0.1) is 0 Å². The van der Waals surface area contributed by atoms with Crippen molar-refractivity contribution >= 4 is 43.6 Å². The van der Waals surface area contributed by atoms with Gasteiger partial charge in [-0.25, -0.2) is 15.0 Å². The van der Waals surface area contributed by atoms with Crippen molar-refractivity contribution in [2.24, 2.45) is 0 Å². The Kier molecular flexibility index (Phi) is 9.67. The van der Waals surface area contributed by atoms with Crippen molar-refractivity contribution in [1.29, 1.82) is 5.26 Å². The first-order valence-electron chi connectivity index (χ1n) is 23.0. The molecule has 0 aliphatic heterocycles. The van der Waals surface area contributed by atoms with Gasteiger partial charge in [-0.05, 0) is 123 Å². The monoisotopic (exact) mass is 872 g/mol. The lowest BCUT2D eigenvalue weighted by Crippen LogP contribution is -2.06. The van der Waals surface area contributed by atoms with Crippen LogP contribution in [-0.4, -0.2) is 24.1 Å². The summed E-state index contributed by atoms with van der Waals surface area (Å²) in [5.74, 6) is 1.73. The van der Waals surface area contributed by atoms with E-state index in [2.05, 4.69) is 176 Å². The first-order chi connectivity index (χ1) is 33.3. The van der Waals surface area contributed by atoms with E-state index in [1.807, 2.05) is 60.7 Å². The Labute approximate surface area is 394 Å². The van der Waals surface area contributed by atoms with Crippen LogP contribution in [0.5, 0.6) is 0 Å². The Hall–Kier alpha value is -8.92. The van der Waals surface area contributed by atoms with Gasteiger partial charge in [-0.3, -0.25) is 0 Å². The van der Waals surface area contributed by atoms with Crippen LogP contribution < -0.4 is 0 Å². The highest BCUT2D eigenvalue weighted by molar-refractivity contribution is 6.12. The summed E-state index contributed by atoms with van der Waals surface area (Å²) in [4.78, 5) is 16.1. The molecule has 0 fully saturated rings. The predicted molar refractivity (Wildman–Crippen MR) is 279 cm³/mol. The zero-order valence-corrected chi connectivity index (χ0v) is 38.2. The molecule has 0 unspecified atom stereocenters. The molecule has 0 amide bonds. The molecule has 0 saturated carbocycles. The summed E-state index contributed by atoms with van der Waals surface area (Å²) in [6.07, 6.45) is 0. The van der Waals surface area contributed by atoms with E-state index in [0.29, 0.717) is 23.0 Å². The van der Waals surface area contributed by atoms with Crippen molar-refractivity contribution in [2.75, 3.05) is 0 Å². The molecule has 12 rings (SSSR count). The smallest absolute Gasteiger partial charge is 0.166 e. The van der Waals surface area contributed by atoms with Crippen LogP contribution in [0.15, 0.2) is 194 Å². The van der Waals surface area contributed by atoms with Gasteiger partial charge in [0, 0.05) is 38.2 Å². The van der Waals surface area contributed by atoms with Crippen molar-refractivity contribution in [3.63, 3.8) is 0 Å². The number of hydrogen-bond donors (Lipinski definition) is 0. The molecule has 0 atom stereocenters. The van der Waals surface area contributed by atoms with E-state index in [4.69, 9.17) is 15.0 Å². The van der Waals surface area contributed by atoms with E-state index < -0.39 is 0 Å². The summed E-state index contributed by atoms with van der Waals surface area (Å²) >= 11 is 0. The van der Waals surface area contributed by atoms with Crippen LogP contribution in [0.3, 0.4) is 0 Å². The summed E-state index contributed by atoms with van der Waals surface area (Å²) in [5, 5.41) is 14.5. The van der Waals surface area contributed by atoms with Crippen LogP contribution in [0.4, 0.5) is 0 Å². The average Bonchev–Trinajstić information content (AvgIpc) is 3.86. The Morgan fingerprint density at radius 3 is 1.26 bits per heavy atom. The standard InChI is InChI=1S/C62H44N6/c1-38-18-27-53-48(32-38)49-33-39(2)19-28-54(49)67(53)57-31-26-46(43-24-22-42(37-63)23-25-43)36-52(57)47-16-11-17-58(68-55-29-20-40(3)34-50(55)51-35-41(4)21-30-56(51)68)59(47)62-65-60(44-12-7-5-8-13-44)64-61(66-62)45-14-9-6-10-15-45/h5-36H,1-4H3. The minimum atomic E-state index is 0.556. The molecule has 68 heavy (non-hydrogen) atoms. The van der Waals surface area contributed by atoms with Gasteiger partial charge in [0.05, 0.1) is 50.6 Å². The molecule has 0 aliphatic rings. The maximum Gasteiger partial charge on any atom is 0.166 e. The number of rotatable bonds is 7. The number of aryl methyl sites for hydroxylation is 4. The highest BCUT2D eigenvalue weighted by atomic mass is 15.1. The Bertz CT molecular complexity index is 3830. The summed E-state index contributed by atoms with van der Waals surface area (Å²) in [6, 6.07) is 70.9. The van der Waals surface area contributed by atoms with Crippen LogP contribution >= 0.6 is 0 Å². The van der Waals surface area contributed by atoms with Crippen molar-refractivity contribution in [3.05, 3.63) is 222 Å². The molecule has 12 aromatic rings. The largest absolute Gasteiger partial charge is 0.309 e. The van der Waals surface area contributed by atoms with Gasteiger partial charge in [0.15, 0.2) is 17.5 Å². The zero-order chi connectivity index (χ0) is 46.0. The number of nitrogens with zero attached hydrogens (tertiary/aromatic N) is 6. The lowest BCUT2D eigenvalue weighted by molar-refractivity contribution is 1.06. The molecule has 0 spiro atoms. The fourth-order valence-electron chi connectivity index (χ4n) is 9.99. The molecule has 0 aliphatic carbocycles. The molecular weight excluding hydrogens is 829 g/mol. The molecule has 6 heteroatoms. The van der Waals surface area contributed by atoms with Gasteiger partial charge < -0.3 is 9.13 Å². The quantitative estimate of drug-likeness (QED) is 0.160. The fraction of sp³-hybridized carbons (Fsp3) is 0.0645. The Morgan fingerprint density at radius 1 is 0.353 bits per heavy atom. The molecular formula is C62H44N6. The molecule has 0 bridgehead atoms. The molecule has 0 saturated heterocycles. The van der Waals surface area contributed by atoms with Crippen LogP contribution in [0.2, 0.25) is 0 Å². The zero-order valence-electron chi connectivity index (χ0n) is 38.2. The minimum Gasteiger partial charge on any atom is -0.309 e. The molecule has 0 N–H and O–H groups in total. The van der Waals surface area contributed by atoms with E-state index in [0.717, 1.165) is 72.4 Å². The van der Waals surface area contributed by atoms with E-state index >= 15 is 0 Å². The van der Waals surface area contributed by atoms with Gasteiger partial charge >= 0.3 is 0 Å². The third-order valence-electron chi connectivity index (χ3n) is 13.2. The lowest BCUT2D eigenvalue weighted by atomic mass is 9.92. The molecule has 322 valence electrons. The molecule has 0 radical (unpaired) electrons. The maximum atomic E-state index is 9.76. The van der Waals surface area contributed by atoms with E-state index in [9.17, 15) is 5.26 Å². The second-order valence-corrected chi connectivity index (χ2v) is 17.9. The number of benzene rings is 9. The topological polar surface area (TPSA) is 72.3 Å². The molecule has 3 heterocycles. The third-order valence-corrected chi connectivity index (χ3v) is 13.2. The highest BCUT2D eigenvalue weighted by Crippen LogP contribution is 2.45. The van der Waals surface area contributed by atoms with Gasteiger partial charge in [-0.2, -0.15) is 5.26 Å². The number of aromatic nitrogens is 5. The summed E-state index contributed by atoms with van der Waals surface area (Å²) in [5.41, 5.74) is 18.5. The van der Waals surface area contributed by atoms with Gasteiger partial charge in [0.25, 0.3) is 0 Å². The van der Waals surface area contributed by atoms with E-state index in [1.165, 1.54) is 43.8 Å². The first-order valence-corrected chi connectivity index (χ1v) is 23.0. The minimum absolute atomic E-state index is 0.556. The number of hydrogen-bond acceptors (Lipinski definition) is 4. The van der Waals surface area contributed by atoms with Crippen LogP contribution in [-0.2, 0) is 0 Å². The molecule has 9 aromatic carbocycles. The third kappa shape index (κ3) is 6.83. The first kappa shape index (κ1) is 40.6. The second-order valence-electron chi connectivity index (χ2n) is 17.9. The van der Waals surface area contributed by atoms with Gasteiger partial charge in [-0.1, -0.05) is 138 Å². The van der Waals surface area contributed by atoms with Gasteiger partial charge in [0.2, 0.25) is 0 Å². The predicted octanol–water partition coefficient (Wildman–Crippen LogP) is 15.5. The lowest BCUT2D eigenvalue weighted by Gasteiger charge is -2.21. The maximum absolute atomic E-state index is 9.76. The number of fused-ring (bicyclic) bond motifs is 6. The van der Waals surface area contributed by atoms with Gasteiger partial charge in [0.1, 0.15) is 0 Å². The van der Waals surface area contributed by atoms with Crippen molar-refractivity contribution in [2.45, 2.75) is 27.7 Å². The van der Waals surface area contributed by atoms with Crippen LogP contribution in [0, 0.1) is 39.0 Å². The van der Waals surface area contributed by atoms with E-state index in [1.54, 1.807) is 0 Å². The Morgan fingerprint density at radius 2 is 0.794 bits per heavy atom. The summed E-state index contributed by atoms with van der Waals surface area (Å²) in [7, 11) is 0. The average molecular weight is 873 g/mol. The highest BCUT2D eigenvalue weighted by Gasteiger charge is 2.26. The van der Waals surface area contributed by atoms with Crippen LogP contribution in [0.25, 0.3) is 111 Å². The van der Waals surface area contributed by atoms with Crippen molar-refractivity contribution in [1.82, 2.24) is 24.1 Å². The van der Waals surface area contributed by atoms with E-state index in [-0.39, 0.29) is 0 Å². The SMILES string of the molecule is Cc1ccc2c(c1)c1cc(C)ccc1n2-c1ccc(-c2ccc(C#N)cc2)cc1-c1cccc(-n2c3ccc(C)cc3c3cc(C)ccc32)c1-c1nc(-c2ccccc2)nc(-c2ccccc2)n1. The summed E-state index contributed by atoms with van der Waals surface area (Å²) < 4.78 is 4.81. The van der Waals surface area contributed by atoms with Crippen molar-refractivity contribution < 1.29 is 0 Å². The van der Waals surface area contributed by atoms with Crippen LogP contribution in [0.1, 0.15) is 27.8 Å². The summed E-state index contributed by atoms with van der Waals surface area (Å²) in [6.45, 7) is 8.64. The second kappa shape index (κ2) is 16.2. The number of nitriles is 1. The normalized spacial score (nSPS) is 11.5. The fourth-order valence-corrected chi connectivity index (χ4v) is 9.99.